The second-order valence-electron chi connectivity index (χ2n) is 5.76. The van der Waals surface area contributed by atoms with E-state index in [1.165, 1.54) is 6.07 Å². The van der Waals surface area contributed by atoms with Crippen molar-refractivity contribution in [2.75, 3.05) is 5.32 Å². The summed E-state index contributed by atoms with van der Waals surface area (Å²) in [5.41, 5.74) is 2.97. The lowest BCUT2D eigenvalue weighted by Gasteiger charge is -2.05. The van der Waals surface area contributed by atoms with Crippen LogP contribution in [0.5, 0.6) is 0 Å². The molecule has 0 aliphatic heterocycles. The standard InChI is InChI=1S/C19H13ClF2N4.2C2H6/c20-14-4-2-1-3-13(14)17-8-12-10-24-19(26-18(12)25-17)23-9-11-5-6-15(21)16(22)7-11;2*1-2/h1-8,10H,9H2,(H2,23,24,25,26);2*1-2H3. The van der Waals surface area contributed by atoms with E-state index in [2.05, 4.69) is 20.3 Å². The average molecular weight is 431 g/mol. The monoisotopic (exact) mass is 430 g/mol. The Hall–Kier alpha value is -2.99. The maximum atomic E-state index is 13.3. The second-order valence-corrected chi connectivity index (χ2v) is 6.17. The molecule has 30 heavy (non-hydrogen) atoms. The molecule has 4 nitrogen and oxygen atoms in total. The fourth-order valence-electron chi connectivity index (χ4n) is 2.66. The van der Waals surface area contributed by atoms with Crippen LogP contribution in [0.4, 0.5) is 14.7 Å². The molecule has 0 aliphatic rings. The molecule has 2 aromatic carbocycles. The molecule has 2 N–H and O–H groups in total. The molecule has 0 atom stereocenters. The third-order valence-electron chi connectivity index (χ3n) is 3.97. The van der Waals surface area contributed by atoms with Crippen LogP contribution >= 0.6 is 11.6 Å². The molecule has 0 saturated carbocycles. The number of hydrogen-bond acceptors (Lipinski definition) is 3. The van der Waals surface area contributed by atoms with Crippen molar-refractivity contribution in [3.8, 4) is 11.3 Å². The second kappa shape index (κ2) is 11.3. The molecule has 7 heteroatoms. The van der Waals surface area contributed by atoms with E-state index < -0.39 is 11.6 Å². The van der Waals surface area contributed by atoms with Gasteiger partial charge < -0.3 is 10.3 Å². The first-order valence-corrected chi connectivity index (χ1v) is 10.3. The van der Waals surface area contributed by atoms with Crippen LogP contribution in [0.25, 0.3) is 22.3 Å². The normalized spacial score (nSPS) is 9.97. The fraction of sp³-hybridized carbons (Fsp3) is 0.217. The van der Waals surface area contributed by atoms with Crippen molar-refractivity contribution in [2.24, 2.45) is 0 Å². The topological polar surface area (TPSA) is 53.6 Å². The Bertz CT molecular complexity index is 1100. The first-order valence-electron chi connectivity index (χ1n) is 9.88. The lowest BCUT2D eigenvalue weighted by molar-refractivity contribution is 0.507. The largest absolute Gasteiger partial charge is 0.350 e. The Morgan fingerprint density at radius 1 is 0.967 bits per heavy atom. The summed E-state index contributed by atoms with van der Waals surface area (Å²) in [6, 6.07) is 13.2. The number of aromatic nitrogens is 3. The van der Waals surface area contributed by atoms with Gasteiger partial charge in [0.1, 0.15) is 5.65 Å². The molecule has 0 bridgehead atoms. The van der Waals surface area contributed by atoms with E-state index in [9.17, 15) is 8.78 Å². The van der Waals surface area contributed by atoms with E-state index in [4.69, 9.17) is 11.6 Å². The minimum atomic E-state index is -0.880. The number of nitrogens with zero attached hydrogens (tertiary/aromatic N) is 2. The quantitative estimate of drug-likeness (QED) is 0.359. The Morgan fingerprint density at radius 2 is 1.70 bits per heavy atom. The van der Waals surface area contributed by atoms with Crippen molar-refractivity contribution in [1.29, 1.82) is 0 Å². The molecule has 0 aliphatic carbocycles. The first-order chi connectivity index (χ1) is 14.6. The number of fused-ring (bicyclic) bond motifs is 1. The van der Waals surface area contributed by atoms with Crippen molar-refractivity contribution in [3.05, 3.63) is 76.9 Å². The maximum Gasteiger partial charge on any atom is 0.224 e. The number of anilines is 1. The zero-order chi connectivity index (χ0) is 22.1. The van der Waals surface area contributed by atoms with Crippen molar-refractivity contribution in [1.82, 2.24) is 15.0 Å². The SMILES string of the molecule is CC.CC.Fc1ccc(CNc2ncc3cc(-c4ccccc4Cl)[nH]c3n2)cc1F. The number of aromatic amines is 1. The predicted molar refractivity (Wildman–Crippen MR) is 121 cm³/mol. The molecule has 2 aromatic heterocycles. The third-order valence-corrected chi connectivity index (χ3v) is 4.30. The van der Waals surface area contributed by atoms with Crippen LogP contribution < -0.4 is 5.32 Å². The Balaban J connectivity index is 0.000000757. The third kappa shape index (κ3) is 5.54. The summed E-state index contributed by atoms with van der Waals surface area (Å²) in [4.78, 5) is 11.9. The van der Waals surface area contributed by atoms with Gasteiger partial charge >= 0.3 is 0 Å². The van der Waals surface area contributed by atoms with Crippen LogP contribution in [0.2, 0.25) is 5.02 Å². The van der Waals surface area contributed by atoms with Crippen LogP contribution in [0.15, 0.2) is 54.7 Å². The highest BCUT2D eigenvalue weighted by Gasteiger charge is 2.09. The van der Waals surface area contributed by atoms with E-state index >= 15 is 0 Å². The Labute approximate surface area is 180 Å². The zero-order valence-electron chi connectivity index (χ0n) is 17.4. The van der Waals surface area contributed by atoms with Crippen LogP contribution in [-0.2, 0) is 6.54 Å². The molecule has 0 saturated heterocycles. The summed E-state index contributed by atoms with van der Waals surface area (Å²) in [5, 5.41) is 4.49. The van der Waals surface area contributed by atoms with E-state index in [0.717, 1.165) is 28.8 Å². The van der Waals surface area contributed by atoms with Gasteiger partial charge in [0.15, 0.2) is 11.6 Å². The van der Waals surface area contributed by atoms with Crippen molar-refractivity contribution >= 4 is 28.6 Å². The van der Waals surface area contributed by atoms with Gasteiger partial charge in [0.05, 0.1) is 0 Å². The summed E-state index contributed by atoms with van der Waals surface area (Å²) in [6.07, 6.45) is 1.69. The van der Waals surface area contributed by atoms with Gasteiger partial charge in [-0.3, -0.25) is 0 Å². The van der Waals surface area contributed by atoms with Gasteiger partial charge in [0, 0.05) is 34.4 Å². The molecule has 158 valence electrons. The summed E-state index contributed by atoms with van der Waals surface area (Å²) in [7, 11) is 0. The van der Waals surface area contributed by atoms with Gasteiger partial charge in [-0.15, -0.1) is 0 Å². The number of halogens is 3. The van der Waals surface area contributed by atoms with Crippen molar-refractivity contribution < 1.29 is 8.78 Å². The highest BCUT2D eigenvalue weighted by Crippen LogP contribution is 2.29. The summed E-state index contributed by atoms with van der Waals surface area (Å²) in [6.45, 7) is 8.28. The zero-order valence-corrected chi connectivity index (χ0v) is 18.2. The first kappa shape index (κ1) is 23.3. The summed E-state index contributed by atoms with van der Waals surface area (Å²) >= 11 is 6.23. The number of nitrogens with one attached hydrogen (secondary N) is 2. The van der Waals surface area contributed by atoms with Crippen molar-refractivity contribution in [3.63, 3.8) is 0 Å². The molecule has 4 rings (SSSR count). The molecular weight excluding hydrogens is 406 g/mol. The number of H-pyrrole nitrogens is 1. The number of hydrogen-bond donors (Lipinski definition) is 2. The Kier molecular flexibility index (Phi) is 8.74. The minimum Gasteiger partial charge on any atom is -0.350 e. The van der Waals surface area contributed by atoms with Gasteiger partial charge in [-0.1, -0.05) is 63.6 Å². The average Bonchev–Trinajstić information content (AvgIpc) is 3.21. The van der Waals surface area contributed by atoms with Crippen LogP contribution in [-0.4, -0.2) is 15.0 Å². The number of benzene rings is 2. The van der Waals surface area contributed by atoms with E-state index in [1.54, 1.807) is 6.20 Å². The highest BCUT2D eigenvalue weighted by atomic mass is 35.5. The van der Waals surface area contributed by atoms with Gasteiger partial charge in [-0.25, -0.2) is 13.8 Å². The van der Waals surface area contributed by atoms with Crippen LogP contribution in [0.1, 0.15) is 33.3 Å². The lowest BCUT2D eigenvalue weighted by Crippen LogP contribution is -2.04. The predicted octanol–water partition coefficient (Wildman–Crippen LogP) is 7.22. The van der Waals surface area contributed by atoms with Crippen molar-refractivity contribution in [2.45, 2.75) is 34.2 Å². The fourth-order valence-corrected chi connectivity index (χ4v) is 2.89. The van der Waals surface area contributed by atoms with E-state index in [0.29, 0.717) is 22.2 Å². The molecule has 2 heterocycles. The molecule has 4 aromatic rings. The lowest BCUT2D eigenvalue weighted by atomic mass is 10.1. The van der Waals surface area contributed by atoms with Crippen LogP contribution in [0, 0.1) is 11.6 Å². The molecule has 0 spiro atoms. The molecule has 0 fully saturated rings. The number of rotatable bonds is 4. The minimum absolute atomic E-state index is 0.279. The smallest absolute Gasteiger partial charge is 0.224 e. The maximum absolute atomic E-state index is 13.3. The molecule has 0 radical (unpaired) electrons. The molecular formula is C23H25ClF2N4. The van der Waals surface area contributed by atoms with E-state index in [-0.39, 0.29) is 6.54 Å². The Morgan fingerprint density at radius 3 is 2.40 bits per heavy atom. The van der Waals surface area contributed by atoms with Gasteiger partial charge in [0.2, 0.25) is 5.95 Å². The molecule has 0 amide bonds. The van der Waals surface area contributed by atoms with Crippen LogP contribution in [0.3, 0.4) is 0 Å². The van der Waals surface area contributed by atoms with Gasteiger partial charge in [-0.05, 0) is 29.8 Å². The molecule has 0 unspecified atom stereocenters. The van der Waals surface area contributed by atoms with E-state index in [1.807, 2.05) is 58.0 Å². The summed E-state index contributed by atoms with van der Waals surface area (Å²) < 4.78 is 26.2. The summed E-state index contributed by atoms with van der Waals surface area (Å²) in [5.74, 6) is -1.37. The highest BCUT2D eigenvalue weighted by molar-refractivity contribution is 6.33. The van der Waals surface area contributed by atoms with Gasteiger partial charge in [-0.2, -0.15) is 4.98 Å². The van der Waals surface area contributed by atoms with Gasteiger partial charge in [0.25, 0.3) is 0 Å².